The maximum absolute atomic E-state index is 12.4. The summed E-state index contributed by atoms with van der Waals surface area (Å²) in [6.07, 6.45) is 1.63. The van der Waals surface area contributed by atoms with Crippen LogP contribution in [0.5, 0.6) is 11.5 Å². The maximum Gasteiger partial charge on any atom is 0.246 e. The van der Waals surface area contributed by atoms with E-state index in [2.05, 4.69) is 0 Å². The second kappa shape index (κ2) is 8.20. The van der Waals surface area contributed by atoms with E-state index in [9.17, 15) is 4.79 Å². The Morgan fingerprint density at radius 1 is 1.08 bits per heavy atom. The highest BCUT2D eigenvalue weighted by Crippen LogP contribution is 2.30. The van der Waals surface area contributed by atoms with E-state index in [4.69, 9.17) is 9.47 Å². The molecule has 0 aliphatic heterocycles. The van der Waals surface area contributed by atoms with Crippen molar-refractivity contribution in [2.24, 2.45) is 0 Å². The Morgan fingerprint density at radius 3 is 2.42 bits per heavy atom. The van der Waals surface area contributed by atoms with Crippen LogP contribution in [-0.4, -0.2) is 32.1 Å². The Kier molecular flexibility index (Phi) is 6.01. The minimum Gasteiger partial charge on any atom is -0.497 e. The Balaban J connectivity index is 2.16. The number of ether oxygens (including phenoxy) is 2. The van der Waals surface area contributed by atoms with Gasteiger partial charge in [0.2, 0.25) is 5.91 Å². The normalized spacial score (nSPS) is 11.1. The van der Waals surface area contributed by atoms with E-state index in [-0.39, 0.29) is 5.91 Å². The van der Waals surface area contributed by atoms with Crippen LogP contribution in [0.25, 0.3) is 5.57 Å². The average Bonchev–Trinajstić information content (AvgIpc) is 2.61. The van der Waals surface area contributed by atoms with Crippen LogP contribution in [0.15, 0.2) is 54.6 Å². The van der Waals surface area contributed by atoms with Crippen LogP contribution in [0.3, 0.4) is 0 Å². The molecule has 0 fully saturated rings. The van der Waals surface area contributed by atoms with Gasteiger partial charge in [-0.3, -0.25) is 4.79 Å². The molecule has 0 aliphatic carbocycles. The number of hydrogen-bond acceptors (Lipinski definition) is 3. The summed E-state index contributed by atoms with van der Waals surface area (Å²) in [6.45, 7) is 2.47. The molecule has 0 N–H and O–H groups in total. The minimum absolute atomic E-state index is 0.0470. The van der Waals surface area contributed by atoms with Crippen molar-refractivity contribution in [2.75, 3.05) is 21.3 Å². The first-order chi connectivity index (χ1) is 11.5. The van der Waals surface area contributed by atoms with Gasteiger partial charge in [0.05, 0.1) is 14.2 Å². The van der Waals surface area contributed by atoms with Crippen molar-refractivity contribution >= 4 is 11.5 Å². The molecule has 0 atom stereocenters. The van der Waals surface area contributed by atoms with E-state index in [1.54, 1.807) is 32.2 Å². The molecule has 126 valence electrons. The molecule has 4 nitrogen and oxygen atoms in total. The number of rotatable bonds is 6. The van der Waals surface area contributed by atoms with Gasteiger partial charge in [0.25, 0.3) is 0 Å². The zero-order chi connectivity index (χ0) is 17.5. The third-order valence-corrected chi connectivity index (χ3v) is 3.81. The third kappa shape index (κ3) is 4.38. The standard InChI is InChI=1S/C20H23NO3/c1-15(18-11-10-17(23-3)13-19(18)24-4)12-20(22)21(2)14-16-8-6-5-7-9-16/h5-13H,14H2,1-4H3/b15-12+. The average molecular weight is 325 g/mol. The van der Waals surface area contributed by atoms with Gasteiger partial charge in [0.15, 0.2) is 0 Å². The number of likely N-dealkylation sites (N-methyl/N-ethyl adjacent to an activating group) is 1. The van der Waals surface area contributed by atoms with Crippen LogP contribution in [0, 0.1) is 0 Å². The van der Waals surface area contributed by atoms with E-state index in [0.29, 0.717) is 12.3 Å². The Bertz CT molecular complexity index is 723. The molecule has 4 heteroatoms. The summed E-state index contributed by atoms with van der Waals surface area (Å²) >= 11 is 0. The minimum atomic E-state index is -0.0470. The van der Waals surface area contributed by atoms with Gasteiger partial charge in [0.1, 0.15) is 11.5 Å². The summed E-state index contributed by atoms with van der Waals surface area (Å²) in [4.78, 5) is 14.1. The van der Waals surface area contributed by atoms with Crippen molar-refractivity contribution < 1.29 is 14.3 Å². The van der Waals surface area contributed by atoms with E-state index >= 15 is 0 Å². The van der Waals surface area contributed by atoms with Gasteiger partial charge in [-0.1, -0.05) is 30.3 Å². The highest BCUT2D eigenvalue weighted by atomic mass is 16.5. The highest BCUT2D eigenvalue weighted by Gasteiger charge is 2.11. The fourth-order valence-electron chi connectivity index (χ4n) is 2.43. The summed E-state index contributed by atoms with van der Waals surface area (Å²) in [5, 5.41) is 0. The zero-order valence-corrected chi connectivity index (χ0v) is 14.6. The lowest BCUT2D eigenvalue weighted by molar-refractivity contribution is -0.125. The largest absolute Gasteiger partial charge is 0.497 e. The molecule has 0 unspecified atom stereocenters. The number of hydrogen-bond donors (Lipinski definition) is 0. The second-order valence-corrected chi connectivity index (χ2v) is 5.57. The van der Waals surface area contributed by atoms with Gasteiger partial charge >= 0.3 is 0 Å². The number of amides is 1. The van der Waals surface area contributed by atoms with Gasteiger partial charge in [-0.15, -0.1) is 0 Å². The van der Waals surface area contributed by atoms with E-state index in [0.717, 1.165) is 22.4 Å². The number of benzene rings is 2. The van der Waals surface area contributed by atoms with Crippen LogP contribution in [-0.2, 0) is 11.3 Å². The maximum atomic E-state index is 12.4. The lowest BCUT2D eigenvalue weighted by atomic mass is 10.1. The van der Waals surface area contributed by atoms with Crippen molar-refractivity contribution in [3.05, 3.63) is 65.7 Å². The number of carbonyl (C=O) groups is 1. The lowest BCUT2D eigenvalue weighted by Crippen LogP contribution is -2.24. The molecular formula is C20H23NO3. The number of methoxy groups -OCH3 is 2. The topological polar surface area (TPSA) is 38.8 Å². The quantitative estimate of drug-likeness (QED) is 0.759. The van der Waals surface area contributed by atoms with Crippen molar-refractivity contribution in [2.45, 2.75) is 13.5 Å². The zero-order valence-electron chi connectivity index (χ0n) is 14.6. The van der Waals surface area contributed by atoms with Crippen LogP contribution in [0.1, 0.15) is 18.1 Å². The summed E-state index contributed by atoms with van der Waals surface area (Å²) < 4.78 is 10.6. The molecule has 0 aromatic heterocycles. The molecule has 2 aromatic rings. The fourth-order valence-corrected chi connectivity index (χ4v) is 2.43. The monoisotopic (exact) mass is 325 g/mol. The van der Waals surface area contributed by atoms with Crippen LogP contribution in [0.2, 0.25) is 0 Å². The SMILES string of the molecule is COc1ccc(/C(C)=C/C(=O)N(C)Cc2ccccc2)c(OC)c1. The second-order valence-electron chi connectivity index (χ2n) is 5.57. The van der Waals surface area contributed by atoms with Crippen molar-refractivity contribution in [1.82, 2.24) is 4.90 Å². The number of nitrogens with zero attached hydrogens (tertiary/aromatic N) is 1. The molecule has 0 saturated carbocycles. The van der Waals surface area contributed by atoms with Crippen LogP contribution < -0.4 is 9.47 Å². The molecule has 0 spiro atoms. The van der Waals surface area contributed by atoms with Gasteiger partial charge in [-0.2, -0.15) is 0 Å². The third-order valence-electron chi connectivity index (χ3n) is 3.81. The summed E-state index contributed by atoms with van der Waals surface area (Å²) in [5.74, 6) is 1.35. The summed E-state index contributed by atoms with van der Waals surface area (Å²) in [7, 11) is 5.01. The molecule has 0 radical (unpaired) electrons. The van der Waals surface area contributed by atoms with Crippen LogP contribution in [0.4, 0.5) is 0 Å². The highest BCUT2D eigenvalue weighted by molar-refractivity contribution is 5.95. The van der Waals surface area contributed by atoms with E-state index < -0.39 is 0 Å². The molecule has 0 saturated heterocycles. The van der Waals surface area contributed by atoms with Crippen molar-refractivity contribution in [1.29, 1.82) is 0 Å². The van der Waals surface area contributed by atoms with Gasteiger partial charge in [0, 0.05) is 31.3 Å². The molecule has 24 heavy (non-hydrogen) atoms. The first-order valence-electron chi connectivity index (χ1n) is 7.75. The Labute approximate surface area is 143 Å². The predicted molar refractivity (Wildman–Crippen MR) is 96.1 cm³/mol. The molecule has 0 bridgehead atoms. The van der Waals surface area contributed by atoms with Crippen molar-refractivity contribution in [3.8, 4) is 11.5 Å². The summed E-state index contributed by atoms with van der Waals surface area (Å²) in [5.41, 5.74) is 2.82. The Morgan fingerprint density at radius 2 is 1.79 bits per heavy atom. The first-order valence-corrected chi connectivity index (χ1v) is 7.75. The van der Waals surface area contributed by atoms with Crippen molar-refractivity contribution in [3.63, 3.8) is 0 Å². The molecule has 0 aliphatic rings. The number of allylic oxidation sites excluding steroid dienone is 1. The first kappa shape index (κ1) is 17.6. The fraction of sp³-hybridized carbons (Fsp3) is 0.250. The molecule has 2 rings (SSSR count). The lowest BCUT2D eigenvalue weighted by Gasteiger charge is -2.16. The van der Waals surface area contributed by atoms with Gasteiger partial charge in [-0.25, -0.2) is 0 Å². The molecule has 1 amide bonds. The predicted octanol–water partition coefficient (Wildman–Crippen LogP) is 3.77. The molecule has 2 aromatic carbocycles. The molecular weight excluding hydrogens is 302 g/mol. The van der Waals surface area contributed by atoms with Gasteiger partial charge in [-0.05, 0) is 30.2 Å². The number of carbonyl (C=O) groups excluding carboxylic acids is 1. The Hall–Kier alpha value is -2.75. The van der Waals surface area contributed by atoms with Gasteiger partial charge < -0.3 is 14.4 Å². The van der Waals surface area contributed by atoms with E-state index in [1.807, 2.05) is 55.5 Å². The molecule has 0 heterocycles. The smallest absolute Gasteiger partial charge is 0.246 e. The van der Waals surface area contributed by atoms with E-state index in [1.165, 1.54) is 0 Å². The van der Waals surface area contributed by atoms with Crippen LogP contribution >= 0.6 is 0 Å². The summed E-state index contributed by atoms with van der Waals surface area (Å²) in [6, 6.07) is 15.5.